The maximum Gasteiger partial charge on any atom is 0.246 e. The van der Waals surface area contributed by atoms with Crippen molar-refractivity contribution in [3.05, 3.63) is 75.3 Å². The molecular formula is C28H36FN4OPS. The number of hydrogen-bond donors (Lipinski definition) is 0. The Morgan fingerprint density at radius 2 is 2.03 bits per heavy atom. The summed E-state index contributed by atoms with van der Waals surface area (Å²) in [7, 11) is 6.25. The molecule has 0 N–H and O–H groups in total. The average Bonchev–Trinajstić information content (AvgIpc) is 3.43. The van der Waals surface area contributed by atoms with Gasteiger partial charge in [-0.2, -0.15) is 5.10 Å². The number of nitrogens with zero attached hydrogens (tertiary/aromatic N) is 4. The number of aryl methyl sites for hydroxylation is 2. The summed E-state index contributed by atoms with van der Waals surface area (Å²) in [5.74, 6) is 0.000990. The van der Waals surface area contributed by atoms with Crippen LogP contribution in [0.5, 0.6) is 0 Å². The Kier molecular flexibility index (Phi) is 7.84. The van der Waals surface area contributed by atoms with Crippen molar-refractivity contribution >= 4 is 26.5 Å². The van der Waals surface area contributed by atoms with Crippen molar-refractivity contribution in [2.75, 3.05) is 27.2 Å². The lowest BCUT2D eigenvalue weighted by Gasteiger charge is -2.38. The molecule has 3 heterocycles. The van der Waals surface area contributed by atoms with Gasteiger partial charge in [0.25, 0.3) is 0 Å². The lowest BCUT2D eigenvalue weighted by Crippen LogP contribution is -2.40. The highest BCUT2D eigenvalue weighted by Crippen LogP contribution is 2.47. The lowest BCUT2D eigenvalue weighted by atomic mass is 9.82. The zero-order valence-electron chi connectivity index (χ0n) is 22.0. The number of thiophene rings is 1. The highest BCUT2D eigenvalue weighted by Gasteiger charge is 2.37. The number of carbonyl (C=O) groups is 1. The quantitative estimate of drug-likeness (QED) is 0.276. The molecule has 1 amide bonds. The molecule has 0 saturated carbocycles. The maximum absolute atomic E-state index is 15.3. The van der Waals surface area contributed by atoms with Gasteiger partial charge in [-0.1, -0.05) is 39.6 Å². The minimum atomic E-state index is -1.66. The van der Waals surface area contributed by atoms with E-state index in [4.69, 9.17) is 0 Å². The van der Waals surface area contributed by atoms with Crippen LogP contribution >= 0.6 is 20.6 Å². The molecule has 1 aliphatic heterocycles. The van der Waals surface area contributed by atoms with Crippen LogP contribution in [0.2, 0.25) is 0 Å². The van der Waals surface area contributed by atoms with Crippen molar-refractivity contribution in [2.45, 2.75) is 51.6 Å². The van der Waals surface area contributed by atoms with E-state index in [1.54, 1.807) is 22.1 Å². The van der Waals surface area contributed by atoms with E-state index in [9.17, 15) is 4.79 Å². The summed E-state index contributed by atoms with van der Waals surface area (Å²) in [4.78, 5) is 19.8. The molecule has 192 valence electrons. The Morgan fingerprint density at radius 1 is 1.31 bits per heavy atom. The van der Waals surface area contributed by atoms with E-state index in [-0.39, 0.29) is 17.9 Å². The molecule has 0 saturated heterocycles. The predicted octanol–water partition coefficient (Wildman–Crippen LogP) is 6.11. The van der Waals surface area contributed by atoms with Crippen molar-refractivity contribution in [2.24, 2.45) is 0 Å². The Hall–Kier alpha value is -2.34. The van der Waals surface area contributed by atoms with Crippen LogP contribution in [0.15, 0.2) is 48.7 Å². The van der Waals surface area contributed by atoms with Crippen molar-refractivity contribution in [1.82, 2.24) is 19.6 Å². The highest BCUT2D eigenvalue weighted by atomic mass is 32.1. The van der Waals surface area contributed by atoms with Crippen molar-refractivity contribution in [3.63, 3.8) is 0 Å². The molecule has 5 nitrogen and oxygen atoms in total. The summed E-state index contributed by atoms with van der Waals surface area (Å²) in [6.07, 6.45) is 5.55. The first-order chi connectivity index (χ1) is 17.0. The van der Waals surface area contributed by atoms with Crippen LogP contribution in [0, 0.1) is 6.92 Å². The zero-order chi connectivity index (χ0) is 26.2. The summed E-state index contributed by atoms with van der Waals surface area (Å²) in [5, 5.41) is 2.90. The van der Waals surface area contributed by atoms with E-state index in [1.807, 2.05) is 61.3 Å². The Morgan fingerprint density at radius 3 is 2.69 bits per heavy atom. The summed E-state index contributed by atoms with van der Waals surface area (Å²) < 4.78 is 17.0. The number of alkyl halides is 1. The molecule has 0 aliphatic carbocycles. The van der Waals surface area contributed by atoms with Gasteiger partial charge in [-0.15, -0.1) is 11.3 Å². The molecule has 0 radical (unpaired) electrons. The third kappa shape index (κ3) is 5.34. The van der Waals surface area contributed by atoms with Gasteiger partial charge in [-0.3, -0.25) is 9.48 Å². The van der Waals surface area contributed by atoms with E-state index in [2.05, 4.69) is 40.3 Å². The number of amides is 1. The largest absolute Gasteiger partial charge is 0.331 e. The Labute approximate surface area is 220 Å². The van der Waals surface area contributed by atoms with Crippen LogP contribution in [-0.4, -0.2) is 52.7 Å². The molecule has 0 bridgehead atoms. The fourth-order valence-corrected chi connectivity index (χ4v) is 6.30. The third-order valence-corrected chi connectivity index (χ3v) is 8.22. The molecule has 2 aromatic heterocycles. The van der Waals surface area contributed by atoms with E-state index in [0.717, 1.165) is 16.7 Å². The summed E-state index contributed by atoms with van der Waals surface area (Å²) in [6.45, 7) is 9.69. The molecule has 0 spiro atoms. The van der Waals surface area contributed by atoms with Gasteiger partial charge in [0.15, 0.2) is 5.41 Å². The number of halogens is 1. The first kappa shape index (κ1) is 26.7. The maximum atomic E-state index is 15.3. The Balaban J connectivity index is 1.82. The number of benzene rings is 1. The molecule has 1 aromatic carbocycles. The minimum absolute atomic E-state index is 0.00167. The normalized spacial score (nSPS) is 19.6. The minimum Gasteiger partial charge on any atom is -0.331 e. The average molecular weight is 527 g/mol. The van der Waals surface area contributed by atoms with Gasteiger partial charge in [0.05, 0.1) is 6.04 Å². The number of fused-ring (bicyclic) bond motifs is 1. The van der Waals surface area contributed by atoms with Crippen molar-refractivity contribution in [1.29, 1.82) is 0 Å². The van der Waals surface area contributed by atoms with Crippen LogP contribution in [0.3, 0.4) is 0 Å². The lowest BCUT2D eigenvalue weighted by molar-refractivity contribution is -0.128. The Bertz CT molecular complexity index is 1270. The fourth-order valence-electron chi connectivity index (χ4n) is 4.94. The number of rotatable bonds is 7. The molecule has 4 rings (SSSR count). The first-order valence-electron chi connectivity index (χ1n) is 12.4. The monoisotopic (exact) mass is 526 g/mol. The van der Waals surface area contributed by atoms with E-state index >= 15 is 4.39 Å². The van der Waals surface area contributed by atoms with E-state index in [1.165, 1.54) is 22.2 Å². The second-order valence-corrected chi connectivity index (χ2v) is 12.3. The van der Waals surface area contributed by atoms with Gasteiger partial charge in [-0.25, -0.2) is 4.39 Å². The van der Waals surface area contributed by atoms with Gasteiger partial charge in [0.1, 0.15) is 5.69 Å². The molecule has 4 atom stereocenters. The smallest absolute Gasteiger partial charge is 0.246 e. The van der Waals surface area contributed by atoms with Crippen LogP contribution < -0.4 is 0 Å². The molecule has 0 fully saturated rings. The topological polar surface area (TPSA) is 41.4 Å². The van der Waals surface area contributed by atoms with Crippen LogP contribution in [0.1, 0.15) is 59.3 Å². The van der Waals surface area contributed by atoms with Crippen LogP contribution in [0.25, 0.3) is 11.1 Å². The third-order valence-electron chi connectivity index (χ3n) is 6.71. The SMILES string of the molecule is CCn1cc(-c2ccccc2C2CN(C(=O)/C=C/CN(C)C)C(C)c3sc(C)cc32)c(C(C)(F)P)n1. The molecule has 3 aromatic rings. The van der Waals surface area contributed by atoms with Gasteiger partial charge in [0, 0.05) is 53.1 Å². The van der Waals surface area contributed by atoms with Gasteiger partial charge < -0.3 is 9.80 Å². The van der Waals surface area contributed by atoms with Gasteiger partial charge in [0.2, 0.25) is 5.91 Å². The summed E-state index contributed by atoms with van der Waals surface area (Å²) in [6, 6.07) is 10.4. The number of likely N-dealkylation sites (N-methyl/N-ethyl adjacent to an activating group) is 1. The van der Waals surface area contributed by atoms with E-state index < -0.39 is 5.41 Å². The molecule has 4 unspecified atom stereocenters. The van der Waals surface area contributed by atoms with Gasteiger partial charge >= 0.3 is 0 Å². The van der Waals surface area contributed by atoms with E-state index in [0.29, 0.717) is 25.3 Å². The first-order valence-corrected chi connectivity index (χ1v) is 13.8. The second kappa shape index (κ2) is 10.6. The molecule has 8 heteroatoms. The molecular weight excluding hydrogens is 490 g/mol. The predicted molar refractivity (Wildman–Crippen MR) is 150 cm³/mol. The highest BCUT2D eigenvalue weighted by molar-refractivity contribution is 7.18. The standard InChI is InChI=1S/C28H36FN4OPS/c1-7-32-16-24(27(30-32)28(4,29)35)21-12-9-8-11-20(21)23-17-33(25(34)13-10-14-31(5)6)19(3)26-22(23)15-18(2)36-26/h8-13,15-16,19,23H,7,14,17,35H2,1-6H3/b13-10+. The van der Waals surface area contributed by atoms with Gasteiger partial charge in [-0.05, 0) is 64.5 Å². The molecule has 1 aliphatic rings. The van der Waals surface area contributed by atoms with Crippen LogP contribution in [-0.2, 0) is 16.7 Å². The number of aromatic nitrogens is 2. The summed E-state index contributed by atoms with van der Waals surface area (Å²) in [5.41, 5.74) is 4.51. The zero-order valence-corrected chi connectivity index (χ0v) is 23.9. The summed E-state index contributed by atoms with van der Waals surface area (Å²) >= 11 is 1.76. The fraction of sp³-hybridized carbons (Fsp3) is 0.429. The van der Waals surface area contributed by atoms with Crippen molar-refractivity contribution < 1.29 is 9.18 Å². The molecule has 36 heavy (non-hydrogen) atoms. The van der Waals surface area contributed by atoms with Crippen molar-refractivity contribution in [3.8, 4) is 11.1 Å². The van der Waals surface area contributed by atoms with Crippen LogP contribution in [0.4, 0.5) is 4.39 Å². The number of carbonyl (C=O) groups excluding carboxylic acids is 1. The second-order valence-electron chi connectivity index (χ2n) is 9.97. The number of hydrogen-bond acceptors (Lipinski definition) is 4.